The Morgan fingerprint density at radius 3 is 2.00 bits per heavy atom. The number of hydrogen-bond acceptors (Lipinski definition) is 2. The molecule has 3 nitrogen and oxygen atoms in total. The van der Waals surface area contributed by atoms with Gasteiger partial charge in [0.2, 0.25) is 5.91 Å². The Morgan fingerprint density at radius 2 is 1.48 bits per heavy atom. The molecule has 0 radical (unpaired) electrons. The molecule has 0 saturated carbocycles. The third-order valence-corrected chi connectivity index (χ3v) is 4.21. The first-order chi connectivity index (χ1) is 12.7. The van der Waals surface area contributed by atoms with Crippen molar-refractivity contribution in [3.8, 4) is 0 Å². The Kier molecular flexibility index (Phi) is 6.61. The normalized spacial score (nSPS) is 11.4. The number of para-hydroxylation sites is 1. The van der Waals surface area contributed by atoms with Gasteiger partial charge in [0.05, 0.1) is 0 Å². The number of allylic oxidation sites excluding steroid dienone is 1. The molecule has 2 aromatic carbocycles. The van der Waals surface area contributed by atoms with Gasteiger partial charge in [-0.15, -0.1) is 0 Å². The van der Waals surface area contributed by atoms with E-state index < -0.39 is 23.3 Å². The van der Waals surface area contributed by atoms with Crippen LogP contribution in [0.2, 0.25) is 0 Å². The molecule has 1 N–H and O–H groups in total. The smallest absolute Gasteiger partial charge is 0.248 e. The van der Waals surface area contributed by atoms with Crippen molar-refractivity contribution in [3.05, 3.63) is 76.9 Å². The maximum absolute atomic E-state index is 13.2. The van der Waals surface area contributed by atoms with Crippen molar-refractivity contribution in [2.45, 2.75) is 39.5 Å². The summed E-state index contributed by atoms with van der Waals surface area (Å²) in [4.78, 5) is 24.4. The minimum atomic E-state index is -1.11. The first-order valence-electron chi connectivity index (χ1n) is 8.82. The van der Waals surface area contributed by atoms with Crippen LogP contribution in [0.1, 0.15) is 61.0 Å². The van der Waals surface area contributed by atoms with E-state index in [0.29, 0.717) is 0 Å². The molecule has 0 aromatic heterocycles. The quantitative estimate of drug-likeness (QED) is 0.531. The molecule has 0 aliphatic carbocycles. The maximum atomic E-state index is 13.2. The van der Waals surface area contributed by atoms with Gasteiger partial charge in [-0.1, -0.05) is 45.9 Å². The zero-order valence-corrected chi connectivity index (χ0v) is 15.8. The van der Waals surface area contributed by atoms with Gasteiger partial charge in [-0.3, -0.25) is 9.59 Å². The highest BCUT2D eigenvalue weighted by atomic mass is 19.2. The number of carbonyl (C=O) groups is 2. The first kappa shape index (κ1) is 20.5. The Hall–Kier alpha value is -2.82. The van der Waals surface area contributed by atoms with Crippen LogP contribution in [0.15, 0.2) is 48.6 Å². The van der Waals surface area contributed by atoms with Gasteiger partial charge in [0, 0.05) is 17.3 Å². The lowest BCUT2D eigenvalue weighted by atomic mass is 9.92. The molecule has 2 aromatic rings. The minimum absolute atomic E-state index is 0.0246. The number of hydrogen-bond donors (Lipinski definition) is 1. The van der Waals surface area contributed by atoms with E-state index in [4.69, 9.17) is 0 Å². The zero-order chi connectivity index (χ0) is 20.1. The van der Waals surface area contributed by atoms with Gasteiger partial charge < -0.3 is 5.32 Å². The van der Waals surface area contributed by atoms with Gasteiger partial charge in [0.15, 0.2) is 17.4 Å². The molecule has 0 unspecified atom stereocenters. The lowest BCUT2D eigenvalue weighted by molar-refractivity contribution is -0.111. The van der Waals surface area contributed by atoms with E-state index >= 15 is 0 Å². The summed E-state index contributed by atoms with van der Waals surface area (Å²) in [5, 5.41) is 2.86. The van der Waals surface area contributed by atoms with Crippen molar-refractivity contribution in [1.29, 1.82) is 0 Å². The van der Waals surface area contributed by atoms with E-state index in [1.54, 1.807) is 0 Å². The van der Waals surface area contributed by atoms with Crippen LogP contribution in [0.5, 0.6) is 0 Å². The fourth-order valence-corrected chi connectivity index (χ4v) is 2.76. The third kappa shape index (κ3) is 5.09. The fraction of sp³-hybridized carbons (Fsp3) is 0.273. The second-order valence-corrected chi connectivity index (χ2v) is 6.94. The van der Waals surface area contributed by atoms with Crippen LogP contribution in [0.25, 0.3) is 0 Å². The molecule has 0 bridgehead atoms. The molecule has 0 atom stereocenters. The number of amides is 1. The molecule has 5 heteroatoms. The molecule has 0 saturated heterocycles. The van der Waals surface area contributed by atoms with Gasteiger partial charge in [-0.05, 0) is 47.2 Å². The predicted molar refractivity (Wildman–Crippen MR) is 103 cm³/mol. The second-order valence-electron chi connectivity index (χ2n) is 6.94. The van der Waals surface area contributed by atoms with Gasteiger partial charge in [-0.25, -0.2) is 8.78 Å². The monoisotopic (exact) mass is 371 g/mol. The van der Waals surface area contributed by atoms with Crippen molar-refractivity contribution in [2.24, 2.45) is 0 Å². The second kappa shape index (κ2) is 8.71. The molecule has 1 amide bonds. The van der Waals surface area contributed by atoms with Crippen LogP contribution in [0, 0.1) is 11.6 Å². The molecule has 2 rings (SSSR count). The summed E-state index contributed by atoms with van der Waals surface area (Å²) in [6.45, 7) is 8.16. The highest BCUT2D eigenvalue weighted by Gasteiger charge is 2.15. The van der Waals surface area contributed by atoms with Crippen LogP contribution in [0.4, 0.5) is 14.5 Å². The van der Waals surface area contributed by atoms with Crippen molar-refractivity contribution in [1.82, 2.24) is 0 Å². The highest BCUT2D eigenvalue weighted by molar-refractivity contribution is 6.10. The summed E-state index contributed by atoms with van der Waals surface area (Å²) in [6.07, 6.45) is 2.15. The largest absolute Gasteiger partial charge is 0.322 e. The molecule has 0 fully saturated rings. The SMILES string of the molecule is CC(C)c1cccc(C(C)C)c1NC(=O)/C=C/C(=O)c1ccc(F)c(F)c1. The van der Waals surface area contributed by atoms with Crippen molar-refractivity contribution >= 4 is 17.4 Å². The molecular formula is C22H23F2NO2. The number of ketones is 1. The Morgan fingerprint density at radius 1 is 0.889 bits per heavy atom. The number of benzene rings is 2. The third-order valence-electron chi connectivity index (χ3n) is 4.21. The van der Waals surface area contributed by atoms with Crippen LogP contribution >= 0.6 is 0 Å². The Bertz CT molecular complexity index is 860. The molecule has 0 heterocycles. The lowest BCUT2D eigenvalue weighted by Gasteiger charge is -2.19. The molecule has 27 heavy (non-hydrogen) atoms. The molecule has 142 valence electrons. The minimum Gasteiger partial charge on any atom is -0.322 e. The van der Waals surface area contributed by atoms with Gasteiger partial charge >= 0.3 is 0 Å². The van der Waals surface area contributed by atoms with Crippen LogP contribution in [-0.4, -0.2) is 11.7 Å². The lowest BCUT2D eigenvalue weighted by Crippen LogP contribution is -2.14. The average molecular weight is 371 g/mol. The van der Waals surface area contributed by atoms with E-state index in [0.717, 1.165) is 41.1 Å². The standard InChI is InChI=1S/C22H23F2NO2/c1-13(2)16-6-5-7-17(14(3)4)22(16)25-21(27)11-10-20(26)15-8-9-18(23)19(24)12-15/h5-14H,1-4H3,(H,25,27)/b11-10+. The van der Waals surface area contributed by atoms with E-state index in [2.05, 4.69) is 5.32 Å². The van der Waals surface area contributed by atoms with Crippen molar-refractivity contribution in [3.63, 3.8) is 0 Å². The summed E-state index contributed by atoms with van der Waals surface area (Å²) < 4.78 is 26.2. The topological polar surface area (TPSA) is 46.2 Å². The molecular weight excluding hydrogens is 348 g/mol. The van der Waals surface area contributed by atoms with Crippen molar-refractivity contribution < 1.29 is 18.4 Å². The predicted octanol–water partition coefficient (Wildman–Crippen LogP) is 5.59. The van der Waals surface area contributed by atoms with Crippen LogP contribution in [0.3, 0.4) is 0 Å². The van der Waals surface area contributed by atoms with E-state index in [-0.39, 0.29) is 17.4 Å². The van der Waals surface area contributed by atoms with E-state index in [1.165, 1.54) is 6.07 Å². The Balaban J connectivity index is 2.21. The summed E-state index contributed by atoms with van der Waals surface area (Å²) in [7, 11) is 0. The molecule has 0 aliphatic rings. The van der Waals surface area contributed by atoms with Gasteiger partial charge in [0.1, 0.15) is 0 Å². The summed E-state index contributed by atoms with van der Waals surface area (Å²) in [6, 6.07) is 8.75. The summed E-state index contributed by atoms with van der Waals surface area (Å²) in [5.74, 6) is -2.74. The van der Waals surface area contributed by atoms with E-state index in [9.17, 15) is 18.4 Å². The zero-order valence-electron chi connectivity index (χ0n) is 15.8. The van der Waals surface area contributed by atoms with Crippen LogP contribution < -0.4 is 5.32 Å². The molecule has 0 spiro atoms. The number of anilines is 1. The fourth-order valence-electron chi connectivity index (χ4n) is 2.76. The van der Waals surface area contributed by atoms with Gasteiger partial charge in [0.25, 0.3) is 0 Å². The maximum Gasteiger partial charge on any atom is 0.248 e. The Labute approximate surface area is 158 Å². The van der Waals surface area contributed by atoms with E-state index in [1.807, 2.05) is 45.9 Å². The summed E-state index contributed by atoms with van der Waals surface area (Å²) in [5.41, 5.74) is 2.74. The number of halogens is 2. The first-order valence-corrected chi connectivity index (χ1v) is 8.82. The number of carbonyl (C=O) groups excluding carboxylic acids is 2. The average Bonchev–Trinajstić information content (AvgIpc) is 2.61. The number of rotatable bonds is 6. The highest BCUT2D eigenvalue weighted by Crippen LogP contribution is 2.32. The van der Waals surface area contributed by atoms with Crippen molar-refractivity contribution in [2.75, 3.05) is 5.32 Å². The molecule has 0 aliphatic heterocycles. The summed E-state index contributed by atoms with van der Waals surface area (Å²) >= 11 is 0. The van der Waals surface area contributed by atoms with Gasteiger partial charge in [-0.2, -0.15) is 0 Å². The van der Waals surface area contributed by atoms with Crippen LogP contribution in [-0.2, 0) is 4.79 Å². The number of nitrogens with one attached hydrogen (secondary N) is 1.